The third-order valence-corrected chi connectivity index (χ3v) is 4.14. The number of aliphatic hydroxyl groups is 1. The zero-order chi connectivity index (χ0) is 14.9. The van der Waals surface area contributed by atoms with Crippen LogP contribution in [0, 0.1) is 11.6 Å². The first-order valence-corrected chi connectivity index (χ1v) is 7.20. The van der Waals surface area contributed by atoms with Crippen molar-refractivity contribution in [1.82, 2.24) is 0 Å². The number of aliphatic hydroxyl groups excluding tert-OH is 1. The summed E-state index contributed by atoms with van der Waals surface area (Å²) in [5.74, 6) is -1.63. The average Bonchev–Trinajstić information content (AvgIpc) is 2.33. The fraction of sp³-hybridized carbons (Fsp3) is 0.143. The second-order valence-electron chi connectivity index (χ2n) is 4.22. The fourth-order valence-electron chi connectivity index (χ4n) is 1.89. The molecule has 1 unspecified atom stereocenters. The Bertz CT molecular complexity index is 626. The quantitative estimate of drug-likeness (QED) is 0.763. The minimum atomic E-state index is -1.35. The van der Waals surface area contributed by atoms with Gasteiger partial charge in [0.2, 0.25) is 0 Å². The first-order chi connectivity index (χ1) is 9.40. The van der Waals surface area contributed by atoms with E-state index >= 15 is 0 Å². The van der Waals surface area contributed by atoms with E-state index in [-0.39, 0.29) is 21.5 Å². The summed E-state index contributed by atoms with van der Waals surface area (Å²) in [6, 6.07) is 7.10. The van der Waals surface area contributed by atoms with E-state index in [0.717, 1.165) is 12.1 Å². The molecule has 2 rings (SSSR count). The second kappa shape index (κ2) is 6.39. The highest BCUT2D eigenvalue weighted by atomic mass is 79.9. The smallest absolute Gasteiger partial charge is 0.133 e. The lowest BCUT2D eigenvalue weighted by Gasteiger charge is -2.14. The van der Waals surface area contributed by atoms with Crippen LogP contribution in [-0.4, -0.2) is 5.11 Å². The lowest BCUT2D eigenvalue weighted by Crippen LogP contribution is -2.08. The Morgan fingerprint density at radius 1 is 1.15 bits per heavy atom. The van der Waals surface area contributed by atoms with Crippen molar-refractivity contribution in [3.63, 3.8) is 0 Å². The maximum Gasteiger partial charge on any atom is 0.133 e. The molecule has 2 aromatic rings. The molecular weight excluding hydrogens is 373 g/mol. The molecule has 0 aliphatic rings. The normalized spacial score (nSPS) is 12.5. The molecule has 20 heavy (non-hydrogen) atoms. The zero-order valence-electron chi connectivity index (χ0n) is 10.0. The molecule has 0 bridgehead atoms. The van der Waals surface area contributed by atoms with E-state index in [4.69, 9.17) is 23.2 Å². The van der Waals surface area contributed by atoms with E-state index in [9.17, 15) is 13.9 Å². The van der Waals surface area contributed by atoms with Gasteiger partial charge >= 0.3 is 0 Å². The molecule has 0 saturated carbocycles. The predicted molar refractivity (Wildman–Crippen MR) is 79.2 cm³/mol. The molecule has 1 N–H and O–H groups in total. The average molecular weight is 382 g/mol. The van der Waals surface area contributed by atoms with Crippen molar-refractivity contribution in [3.05, 3.63) is 67.6 Å². The second-order valence-corrected chi connectivity index (χ2v) is 5.92. The Hall–Kier alpha value is -0.680. The maximum atomic E-state index is 13.8. The molecule has 106 valence electrons. The van der Waals surface area contributed by atoms with Gasteiger partial charge < -0.3 is 5.11 Å². The lowest BCUT2D eigenvalue weighted by atomic mass is 10.0. The molecule has 2 aromatic carbocycles. The molecule has 6 heteroatoms. The van der Waals surface area contributed by atoms with Crippen molar-refractivity contribution in [2.75, 3.05) is 0 Å². The highest BCUT2D eigenvalue weighted by Crippen LogP contribution is 2.31. The van der Waals surface area contributed by atoms with Gasteiger partial charge in [0.1, 0.15) is 11.6 Å². The van der Waals surface area contributed by atoms with Gasteiger partial charge in [0.25, 0.3) is 0 Å². The third kappa shape index (κ3) is 3.31. The Kier molecular flexibility index (Phi) is 5.02. The summed E-state index contributed by atoms with van der Waals surface area (Å²) in [7, 11) is 0. The van der Waals surface area contributed by atoms with E-state index in [1.807, 2.05) is 0 Å². The van der Waals surface area contributed by atoms with Crippen LogP contribution in [0.5, 0.6) is 0 Å². The minimum Gasteiger partial charge on any atom is -0.388 e. The highest BCUT2D eigenvalue weighted by molar-refractivity contribution is 9.10. The number of rotatable bonds is 3. The molecule has 0 aromatic heterocycles. The number of halogens is 5. The molecular formula is C14H9BrCl2F2O. The van der Waals surface area contributed by atoms with Crippen LogP contribution in [0.1, 0.15) is 17.2 Å². The summed E-state index contributed by atoms with van der Waals surface area (Å²) in [6.07, 6.45) is -1.38. The molecule has 0 fully saturated rings. The van der Waals surface area contributed by atoms with Crippen LogP contribution in [0.4, 0.5) is 8.78 Å². The molecule has 0 aliphatic carbocycles. The Morgan fingerprint density at radius 3 is 2.35 bits per heavy atom. The van der Waals surface area contributed by atoms with Crippen LogP contribution in [0.15, 0.2) is 34.8 Å². The summed E-state index contributed by atoms with van der Waals surface area (Å²) in [6.45, 7) is 0. The summed E-state index contributed by atoms with van der Waals surface area (Å²) in [4.78, 5) is 0. The van der Waals surface area contributed by atoms with Crippen LogP contribution >= 0.6 is 39.1 Å². The van der Waals surface area contributed by atoms with E-state index in [1.54, 1.807) is 18.2 Å². The molecule has 0 aliphatic heterocycles. The van der Waals surface area contributed by atoms with Gasteiger partial charge in [-0.1, -0.05) is 51.3 Å². The molecule has 1 nitrogen and oxygen atoms in total. The van der Waals surface area contributed by atoms with E-state index in [1.165, 1.54) is 0 Å². The largest absolute Gasteiger partial charge is 0.388 e. The minimum absolute atomic E-state index is 0.0329. The Balaban J connectivity index is 2.33. The molecule has 0 spiro atoms. The SMILES string of the molecule is OC(Cc1cccc(Cl)c1Cl)c1c(F)cc(Br)cc1F. The molecule has 0 amide bonds. The van der Waals surface area contributed by atoms with Crippen molar-refractivity contribution in [2.24, 2.45) is 0 Å². The number of benzene rings is 2. The fourth-order valence-corrected chi connectivity index (χ4v) is 2.69. The lowest BCUT2D eigenvalue weighted by molar-refractivity contribution is 0.168. The molecule has 1 atom stereocenters. The molecule has 0 radical (unpaired) electrons. The number of hydrogen-bond donors (Lipinski definition) is 1. The predicted octanol–water partition coefficient (Wildman–Crippen LogP) is 5.31. The first kappa shape index (κ1) is 15.7. The van der Waals surface area contributed by atoms with Gasteiger partial charge in [-0.3, -0.25) is 0 Å². The summed E-state index contributed by atoms with van der Waals surface area (Å²) in [5.41, 5.74) is 0.137. The van der Waals surface area contributed by atoms with Crippen LogP contribution in [-0.2, 0) is 6.42 Å². The Labute approximate surface area is 133 Å². The van der Waals surface area contributed by atoms with Crippen molar-refractivity contribution in [1.29, 1.82) is 0 Å². The van der Waals surface area contributed by atoms with Gasteiger partial charge in [-0.05, 0) is 23.8 Å². The summed E-state index contributed by atoms with van der Waals surface area (Å²) in [5, 5.41) is 10.6. The van der Waals surface area contributed by atoms with Crippen molar-refractivity contribution >= 4 is 39.1 Å². The van der Waals surface area contributed by atoms with E-state index in [2.05, 4.69) is 15.9 Å². The van der Waals surface area contributed by atoms with Gasteiger partial charge in [0.05, 0.1) is 21.7 Å². The molecule has 0 heterocycles. The van der Waals surface area contributed by atoms with Crippen LogP contribution in [0.25, 0.3) is 0 Å². The van der Waals surface area contributed by atoms with Gasteiger partial charge in [0, 0.05) is 10.9 Å². The van der Waals surface area contributed by atoms with Gasteiger partial charge in [-0.2, -0.15) is 0 Å². The van der Waals surface area contributed by atoms with Crippen LogP contribution in [0.3, 0.4) is 0 Å². The van der Waals surface area contributed by atoms with E-state index in [0.29, 0.717) is 10.6 Å². The summed E-state index contributed by atoms with van der Waals surface area (Å²) >= 11 is 14.8. The van der Waals surface area contributed by atoms with Crippen molar-refractivity contribution in [2.45, 2.75) is 12.5 Å². The van der Waals surface area contributed by atoms with Gasteiger partial charge in [0.15, 0.2) is 0 Å². The van der Waals surface area contributed by atoms with Crippen molar-refractivity contribution < 1.29 is 13.9 Å². The third-order valence-electron chi connectivity index (χ3n) is 2.82. The van der Waals surface area contributed by atoms with E-state index < -0.39 is 17.7 Å². The van der Waals surface area contributed by atoms with Crippen LogP contribution < -0.4 is 0 Å². The first-order valence-electron chi connectivity index (χ1n) is 5.65. The van der Waals surface area contributed by atoms with Gasteiger partial charge in [-0.15, -0.1) is 0 Å². The number of hydrogen-bond acceptors (Lipinski definition) is 1. The summed E-state index contributed by atoms with van der Waals surface area (Å²) < 4.78 is 27.8. The van der Waals surface area contributed by atoms with Gasteiger partial charge in [-0.25, -0.2) is 8.78 Å². The zero-order valence-corrected chi connectivity index (χ0v) is 13.1. The monoisotopic (exact) mass is 380 g/mol. The maximum absolute atomic E-state index is 13.8. The van der Waals surface area contributed by atoms with Crippen molar-refractivity contribution in [3.8, 4) is 0 Å². The standard InChI is InChI=1S/C14H9BrCl2F2O/c15-8-5-10(18)13(11(19)6-8)12(20)4-7-2-1-3-9(16)14(7)17/h1-3,5-6,12,20H,4H2. The topological polar surface area (TPSA) is 20.2 Å². The molecule has 0 saturated heterocycles. The highest BCUT2D eigenvalue weighted by Gasteiger charge is 2.20. The van der Waals surface area contributed by atoms with Crippen LogP contribution in [0.2, 0.25) is 10.0 Å². The Morgan fingerprint density at radius 2 is 1.75 bits per heavy atom.